The van der Waals surface area contributed by atoms with E-state index in [1.165, 1.54) is 4.90 Å². The van der Waals surface area contributed by atoms with Gasteiger partial charge in [0, 0.05) is 27.1 Å². The van der Waals surface area contributed by atoms with Crippen molar-refractivity contribution in [3.8, 4) is 11.5 Å². The highest BCUT2D eigenvalue weighted by molar-refractivity contribution is 5.86. The van der Waals surface area contributed by atoms with Crippen molar-refractivity contribution in [2.45, 2.75) is 13.0 Å². The first-order chi connectivity index (χ1) is 13.5. The highest BCUT2D eigenvalue weighted by Gasteiger charge is 2.08. The van der Waals surface area contributed by atoms with E-state index < -0.39 is 0 Å². The second kappa shape index (κ2) is 10.9. The molecule has 0 saturated carbocycles. The number of aliphatic imine (C=N–C) groups is 1. The van der Waals surface area contributed by atoms with Crippen LogP contribution in [-0.4, -0.2) is 58.2 Å². The van der Waals surface area contributed by atoms with Gasteiger partial charge in [0.1, 0.15) is 5.76 Å². The first kappa shape index (κ1) is 21.1. The van der Waals surface area contributed by atoms with Crippen molar-refractivity contribution in [1.82, 2.24) is 15.5 Å². The molecule has 0 unspecified atom stereocenters. The molecule has 152 valence electrons. The summed E-state index contributed by atoms with van der Waals surface area (Å²) >= 11 is 0. The molecule has 1 aromatic heterocycles. The van der Waals surface area contributed by atoms with Crippen LogP contribution in [0.25, 0.3) is 0 Å². The van der Waals surface area contributed by atoms with Gasteiger partial charge in [0.25, 0.3) is 0 Å². The fraction of sp³-hybridized carbons (Fsp3) is 0.400. The van der Waals surface area contributed by atoms with E-state index in [2.05, 4.69) is 15.6 Å². The number of amides is 1. The number of nitrogens with one attached hydrogen (secondary N) is 2. The lowest BCUT2D eigenvalue weighted by Gasteiger charge is -2.15. The molecule has 2 aromatic rings. The van der Waals surface area contributed by atoms with Gasteiger partial charge >= 0.3 is 0 Å². The summed E-state index contributed by atoms with van der Waals surface area (Å²) in [5.74, 6) is 2.72. The van der Waals surface area contributed by atoms with Crippen molar-refractivity contribution in [1.29, 1.82) is 0 Å². The molecule has 0 saturated heterocycles. The van der Waals surface area contributed by atoms with Crippen LogP contribution >= 0.6 is 0 Å². The van der Waals surface area contributed by atoms with E-state index in [9.17, 15) is 4.79 Å². The molecule has 0 atom stereocenters. The number of hydrogen-bond donors (Lipinski definition) is 2. The van der Waals surface area contributed by atoms with Crippen LogP contribution in [0.1, 0.15) is 11.3 Å². The van der Waals surface area contributed by atoms with Gasteiger partial charge < -0.3 is 29.4 Å². The summed E-state index contributed by atoms with van der Waals surface area (Å²) in [6.07, 6.45) is 2.36. The maximum atomic E-state index is 11.9. The third-order valence-electron chi connectivity index (χ3n) is 4.02. The molecule has 0 radical (unpaired) electrons. The summed E-state index contributed by atoms with van der Waals surface area (Å²) in [7, 11) is 6.63. The highest BCUT2D eigenvalue weighted by atomic mass is 16.5. The van der Waals surface area contributed by atoms with Gasteiger partial charge in [-0.3, -0.25) is 4.79 Å². The lowest BCUT2D eigenvalue weighted by atomic mass is 10.2. The Labute approximate surface area is 165 Å². The lowest BCUT2D eigenvalue weighted by Crippen LogP contribution is -2.43. The van der Waals surface area contributed by atoms with Crippen LogP contribution in [0.15, 0.2) is 46.0 Å². The van der Waals surface area contributed by atoms with Gasteiger partial charge in [0.05, 0.1) is 33.6 Å². The SMILES string of the molecule is COc1ccc(CN=C(NCCc2ccco2)NCC(=O)N(C)C)cc1OC. The molecule has 0 fully saturated rings. The minimum absolute atomic E-state index is 0.0355. The fourth-order valence-electron chi connectivity index (χ4n) is 2.40. The lowest BCUT2D eigenvalue weighted by molar-refractivity contribution is -0.127. The zero-order valence-corrected chi connectivity index (χ0v) is 16.8. The molecule has 28 heavy (non-hydrogen) atoms. The number of guanidine groups is 1. The van der Waals surface area contributed by atoms with Gasteiger partial charge in [0.2, 0.25) is 5.91 Å². The number of carbonyl (C=O) groups excluding carboxylic acids is 1. The molecule has 0 spiro atoms. The zero-order chi connectivity index (χ0) is 20.4. The van der Waals surface area contributed by atoms with Gasteiger partial charge in [-0.25, -0.2) is 4.99 Å². The van der Waals surface area contributed by atoms with Crippen molar-refractivity contribution >= 4 is 11.9 Å². The third kappa shape index (κ3) is 6.53. The zero-order valence-electron chi connectivity index (χ0n) is 16.8. The number of benzene rings is 1. The van der Waals surface area contributed by atoms with E-state index >= 15 is 0 Å². The van der Waals surface area contributed by atoms with Crippen LogP contribution in [0, 0.1) is 0 Å². The molecule has 1 amide bonds. The normalized spacial score (nSPS) is 11.1. The van der Waals surface area contributed by atoms with E-state index in [1.807, 2.05) is 30.3 Å². The largest absolute Gasteiger partial charge is 0.493 e. The predicted molar refractivity (Wildman–Crippen MR) is 108 cm³/mol. The molecule has 8 nitrogen and oxygen atoms in total. The van der Waals surface area contributed by atoms with E-state index in [-0.39, 0.29) is 12.5 Å². The van der Waals surface area contributed by atoms with Crippen LogP contribution in [0.3, 0.4) is 0 Å². The molecule has 0 aliphatic heterocycles. The summed E-state index contributed by atoms with van der Waals surface area (Å²) in [4.78, 5) is 18.0. The van der Waals surface area contributed by atoms with Gasteiger partial charge in [-0.05, 0) is 29.8 Å². The van der Waals surface area contributed by atoms with E-state index in [4.69, 9.17) is 13.9 Å². The highest BCUT2D eigenvalue weighted by Crippen LogP contribution is 2.27. The minimum atomic E-state index is -0.0355. The molecule has 2 N–H and O–H groups in total. The van der Waals surface area contributed by atoms with Crippen LogP contribution in [0.5, 0.6) is 11.5 Å². The minimum Gasteiger partial charge on any atom is -0.493 e. The monoisotopic (exact) mass is 388 g/mol. The number of methoxy groups -OCH3 is 2. The molecular weight excluding hydrogens is 360 g/mol. The first-order valence-corrected chi connectivity index (χ1v) is 8.99. The van der Waals surface area contributed by atoms with Crippen LogP contribution in [0.4, 0.5) is 0 Å². The van der Waals surface area contributed by atoms with E-state index in [0.29, 0.717) is 37.0 Å². The van der Waals surface area contributed by atoms with Crippen LogP contribution < -0.4 is 20.1 Å². The number of hydrogen-bond acceptors (Lipinski definition) is 5. The molecule has 2 rings (SSSR count). The smallest absolute Gasteiger partial charge is 0.241 e. The quantitative estimate of drug-likeness (QED) is 0.502. The fourth-order valence-corrected chi connectivity index (χ4v) is 2.40. The number of ether oxygens (including phenoxy) is 2. The van der Waals surface area contributed by atoms with Gasteiger partial charge in [-0.15, -0.1) is 0 Å². The van der Waals surface area contributed by atoms with E-state index in [1.54, 1.807) is 34.6 Å². The van der Waals surface area contributed by atoms with Crippen LogP contribution in [-0.2, 0) is 17.8 Å². The van der Waals surface area contributed by atoms with Gasteiger partial charge in [0.15, 0.2) is 17.5 Å². The van der Waals surface area contributed by atoms with Crippen molar-refractivity contribution in [3.05, 3.63) is 47.9 Å². The number of rotatable bonds is 9. The molecule has 1 heterocycles. The number of likely N-dealkylation sites (N-methyl/N-ethyl adjacent to an activating group) is 1. The molecule has 0 bridgehead atoms. The predicted octanol–water partition coefficient (Wildman–Crippen LogP) is 1.66. The second-order valence-electron chi connectivity index (χ2n) is 6.25. The first-order valence-electron chi connectivity index (χ1n) is 8.99. The summed E-state index contributed by atoms with van der Waals surface area (Å²) in [6, 6.07) is 9.43. The Morgan fingerprint density at radius 3 is 2.57 bits per heavy atom. The number of nitrogens with zero attached hydrogens (tertiary/aromatic N) is 2. The summed E-state index contributed by atoms with van der Waals surface area (Å²) < 4.78 is 15.9. The van der Waals surface area contributed by atoms with E-state index in [0.717, 1.165) is 11.3 Å². The average molecular weight is 388 g/mol. The Bertz CT molecular complexity index is 773. The molecule has 0 aliphatic rings. The standard InChI is InChI=1S/C20H28N4O4/c1-24(2)19(25)14-23-20(21-10-9-16-6-5-11-28-16)22-13-15-7-8-17(26-3)18(12-15)27-4/h5-8,11-12H,9-10,13-14H2,1-4H3,(H2,21,22,23). The number of furan rings is 1. The summed E-state index contributed by atoms with van der Waals surface area (Å²) in [5.41, 5.74) is 0.962. The van der Waals surface area contributed by atoms with Gasteiger partial charge in [-0.1, -0.05) is 6.07 Å². The topological polar surface area (TPSA) is 88.3 Å². The maximum Gasteiger partial charge on any atom is 0.241 e. The maximum absolute atomic E-state index is 11.9. The Balaban J connectivity index is 2.02. The Morgan fingerprint density at radius 1 is 1.14 bits per heavy atom. The summed E-state index contributed by atoms with van der Waals surface area (Å²) in [6.45, 7) is 1.21. The van der Waals surface area contributed by atoms with Crippen molar-refractivity contribution in [3.63, 3.8) is 0 Å². The second-order valence-corrected chi connectivity index (χ2v) is 6.25. The molecule has 0 aliphatic carbocycles. The van der Waals surface area contributed by atoms with Crippen LogP contribution in [0.2, 0.25) is 0 Å². The number of carbonyl (C=O) groups is 1. The Morgan fingerprint density at radius 2 is 1.93 bits per heavy atom. The van der Waals surface area contributed by atoms with Crippen molar-refractivity contribution < 1.29 is 18.7 Å². The van der Waals surface area contributed by atoms with Crippen molar-refractivity contribution in [2.75, 3.05) is 41.4 Å². The molecule has 8 heteroatoms. The van der Waals surface area contributed by atoms with Gasteiger partial charge in [-0.2, -0.15) is 0 Å². The Kier molecular flexibility index (Phi) is 8.20. The molecule has 1 aromatic carbocycles. The summed E-state index contributed by atoms with van der Waals surface area (Å²) in [5, 5.41) is 6.29. The third-order valence-corrected chi connectivity index (χ3v) is 4.02. The molecular formula is C20H28N4O4. The average Bonchev–Trinajstić information content (AvgIpc) is 3.22. The van der Waals surface area contributed by atoms with Crippen molar-refractivity contribution in [2.24, 2.45) is 4.99 Å². The Hall–Kier alpha value is -3.16.